The van der Waals surface area contributed by atoms with E-state index in [-0.39, 0.29) is 15.6 Å². The van der Waals surface area contributed by atoms with Crippen LogP contribution in [0, 0.1) is 5.82 Å². The fourth-order valence-corrected chi connectivity index (χ4v) is 3.61. The van der Waals surface area contributed by atoms with Gasteiger partial charge in [0, 0.05) is 15.8 Å². The largest absolute Gasteiger partial charge is 0.484 e. The lowest BCUT2D eigenvalue weighted by atomic mass is 10.2. The van der Waals surface area contributed by atoms with Crippen LogP contribution in [0.2, 0.25) is 5.02 Å². The van der Waals surface area contributed by atoms with Gasteiger partial charge >= 0.3 is 6.18 Å². The zero-order chi connectivity index (χ0) is 18.9. The van der Waals surface area contributed by atoms with Gasteiger partial charge in [0.25, 0.3) is 5.91 Å². The maximum Gasteiger partial charge on any atom is 0.422 e. The van der Waals surface area contributed by atoms with Gasteiger partial charge in [-0.2, -0.15) is 13.2 Å². The van der Waals surface area contributed by atoms with Crippen molar-refractivity contribution in [3.63, 3.8) is 0 Å². The standard InChI is InChI=1S/C17H10ClF4NO2S/c18-14-12-6-1-9(19)7-13(12)26-15(14)16(24)23-10-2-4-11(5-3-10)25-8-17(20,21)22/h1-7H,8H2,(H,23,24). The van der Waals surface area contributed by atoms with Crippen LogP contribution in [0.1, 0.15) is 9.67 Å². The van der Waals surface area contributed by atoms with Gasteiger partial charge in [-0.1, -0.05) is 11.6 Å². The van der Waals surface area contributed by atoms with Crippen LogP contribution >= 0.6 is 22.9 Å². The number of hydrogen-bond acceptors (Lipinski definition) is 3. The highest BCUT2D eigenvalue weighted by Crippen LogP contribution is 2.36. The van der Waals surface area contributed by atoms with E-state index in [1.54, 1.807) is 0 Å². The Kier molecular flexibility index (Phi) is 5.06. The first-order chi connectivity index (χ1) is 12.2. The van der Waals surface area contributed by atoms with E-state index in [1.165, 1.54) is 42.5 Å². The number of thiophene rings is 1. The fraction of sp³-hybridized carbons (Fsp3) is 0.118. The van der Waals surface area contributed by atoms with E-state index in [0.717, 1.165) is 11.3 Å². The number of carbonyl (C=O) groups excluding carboxylic acids is 1. The molecule has 0 unspecified atom stereocenters. The molecule has 0 bridgehead atoms. The zero-order valence-corrected chi connectivity index (χ0v) is 14.4. The van der Waals surface area contributed by atoms with Gasteiger partial charge in [0.1, 0.15) is 16.4 Å². The molecule has 3 nitrogen and oxygen atoms in total. The minimum absolute atomic E-state index is 0.0238. The Hall–Kier alpha value is -2.32. The minimum Gasteiger partial charge on any atom is -0.484 e. The first-order valence-electron chi connectivity index (χ1n) is 7.21. The molecule has 0 saturated carbocycles. The summed E-state index contributed by atoms with van der Waals surface area (Å²) in [6.45, 7) is -1.40. The predicted octanol–water partition coefficient (Wildman–Crippen LogP) is 5.89. The molecule has 136 valence electrons. The molecule has 0 aliphatic rings. The Labute approximate surface area is 154 Å². The average Bonchev–Trinajstić information content (AvgIpc) is 2.89. The number of rotatable bonds is 4. The topological polar surface area (TPSA) is 38.3 Å². The molecular weight excluding hydrogens is 394 g/mol. The molecular formula is C17H10ClF4NO2S. The molecule has 0 saturated heterocycles. The van der Waals surface area contributed by atoms with Crippen molar-refractivity contribution in [3.05, 3.63) is 58.2 Å². The summed E-state index contributed by atoms with van der Waals surface area (Å²) < 4.78 is 54.8. The van der Waals surface area contributed by atoms with E-state index in [0.29, 0.717) is 15.8 Å². The van der Waals surface area contributed by atoms with Crippen molar-refractivity contribution in [1.29, 1.82) is 0 Å². The van der Waals surface area contributed by atoms with Crippen LogP contribution in [0.5, 0.6) is 5.75 Å². The highest BCUT2D eigenvalue weighted by molar-refractivity contribution is 7.21. The second kappa shape index (κ2) is 7.13. The monoisotopic (exact) mass is 403 g/mol. The third kappa shape index (κ3) is 4.25. The van der Waals surface area contributed by atoms with Crippen molar-refractivity contribution < 1.29 is 27.1 Å². The molecule has 1 aromatic heterocycles. The Morgan fingerprint density at radius 2 is 1.85 bits per heavy atom. The lowest BCUT2D eigenvalue weighted by Gasteiger charge is -2.10. The van der Waals surface area contributed by atoms with Gasteiger partial charge in [-0.15, -0.1) is 11.3 Å². The van der Waals surface area contributed by atoms with Gasteiger partial charge in [-0.3, -0.25) is 4.79 Å². The van der Waals surface area contributed by atoms with Gasteiger partial charge in [0.2, 0.25) is 0 Å². The quantitative estimate of drug-likeness (QED) is 0.552. The molecule has 0 spiro atoms. The summed E-state index contributed by atoms with van der Waals surface area (Å²) in [5.41, 5.74) is 0.356. The van der Waals surface area contributed by atoms with E-state index in [2.05, 4.69) is 10.1 Å². The average molecular weight is 404 g/mol. The third-order valence-corrected chi connectivity index (χ3v) is 4.97. The second-order valence-corrected chi connectivity index (χ2v) is 6.70. The Bertz CT molecular complexity index is 954. The Morgan fingerprint density at radius 3 is 2.50 bits per heavy atom. The van der Waals surface area contributed by atoms with Crippen LogP contribution in [0.3, 0.4) is 0 Å². The molecule has 0 atom stereocenters. The summed E-state index contributed by atoms with van der Waals surface area (Å²) in [6.07, 6.45) is -4.43. The van der Waals surface area contributed by atoms with Crippen LogP contribution in [-0.2, 0) is 0 Å². The number of alkyl halides is 3. The molecule has 0 radical (unpaired) electrons. The van der Waals surface area contributed by atoms with E-state index in [4.69, 9.17) is 11.6 Å². The smallest absolute Gasteiger partial charge is 0.422 e. The Morgan fingerprint density at radius 1 is 1.15 bits per heavy atom. The van der Waals surface area contributed by atoms with Crippen molar-refractivity contribution in [2.75, 3.05) is 11.9 Å². The number of halogens is 5. The molecule has 1 N–H and O–H groups in total. The van der Waals surface area contributed by atoms with Crippen molar-refractivity contribution >= 4 is 44.6 Å². The van der Waals surface area contributed by atoms with Gasteiger partial charge in [-0.05, 0) is 42.5 Å². The molecule has 1 heterocycles. The van der Waals surface area contributed by atoms with Gasteiger partial charge < -0.3 is 10.1 Å². The fourth-order valence-electron chi connectivity index (χ4n) is 2.17. The highest BCUT2D eigenvalue weighted by Gasteiger charge is 2.28. The summed E-state index contributed by atoms with van der Waals surface area (Å²) >= 11 is 7.23. The molecule has 1 amide bonds. The first-order valence-corrected chi connectivity index (χ1v) is 8.41. The maximum absolute atomic E-state index is 13.3. The first kappa shape index (κ1) is 18.5. The number of carbonyl (C=O) groups is 1. The molecule has 2 aromatic carbocycles. The van der Waals surface area contributed by atoms with E-state index in [1.807, 2.05) is 0 Å². The summed E-state index contributed by atoms with van der Waals surface area (Å²) in [7, 11) is 0. The number of hydrogen-bond donors (Lipinski definition) is 1. The number of ether oxygens (including phenoxy) is 1. The maximum atomic E-state index is 13.3. The van der Waals surface area contributed by atoms with E-state index in [9.17, 15) is 22.4 Å². The lowest BCUT2D eigenvalue weighted by molar-refractivity contribution is -0.153. The number of benzene rings is 2. The highest BCUT2D eigenvalue weighted by atomic mass is 35.5. The summed E-state index contributed by atoms with van der Waals surface area (Å²) in [5.74, 6) is -0.909. The predicted molar refractivity (Wildman–Crippen MR) is 92.7 cm³/mol. The van der Waals surface area contributed by atoms with Crippen molar-refractivity contribution in [2.24, 2.45) is 0 Å². The molecule has 9 heteroatoms. The van der Waals surface area contributed by atoms with Gasteiger partial charge in [-0.25, -0.2) is 4.39 Å². The van der Waals surface area contributed by atoms with Crippen molar-refractivity contribution in [2.45, 2.75) is 6.18 Å². The number of anilines is 1. The molecule has 3 rings (SSSR count). The van der Waals surface area contributed by atoms with Crippen molar-refractivity contribution in [1.82, 2.24) is 0 Å². The van der Waals surface area contributed by atoms with Gasteiger partial charge in [0.05, 0.1) is 5.02 Å². The summed E-state index contributed by atoms with van der Waals surface area (Å²) in [6, 6.07) is 9.46. The van der Waals surface area contributed by atoms with Gasteiger partial charge in [0.15, 0.2) is 6.61 Å². The second-order valence-electron chi connectivity index (χ2n) is 5.27. The molecule has 0 aliphatic carbocycles. The SMILES string of the molecule is O=C(Nc1ccc(OCC(F)(F)F)cc1)c1sc2cc(F)ccc2c1Cl. The van der Waals surface area contributed by atoms with Crippen LogP contribution in [0.4, 0.5) is 23.2 Å². The molecule has 3 aromatic rings. The molecule has 0 fully saturated rings. The Balaban J connectivity index is 1.73. The molecule has 26 heavy (non-hydrogen) atoms. The lowest BCUT2D eigenvalue weighted by Crippen LogP contribution is -2.19. The summed E-state index contributed by atoms with van der Waals surface area (Å²) in [5, 5.41) is 3.37. The number of amides is 1. The van der Waals surface area contributed by atoms with Crippen LogP contribution in [0.25, 0.3) is 10.1 Å². The van der Waals surface area contributed by atoms with Crippen LogP contribution in [-0.4, -0.2) is 18.7 Å². The third-order valence-electron chi connectivity index (χ3n) is 3.31. The normalized spacial score (nSPS) is 11.6. The molecule has 0 aliphatic heterocycles. The zero-order valence-electron chi connectivity index (χ0n) is 12.9. The minimum atomic E-state index is -4.43. The number of nitrogens with one attached hydrogen (secondary N) is 1. The summed E-state index contributed by atoms with van der Waals surface area (Å²) in [4.78, 5) is 12.6. The van der Waals surface area contributed by atoms with E-state index < -0.39 is 24.5 Å². The van der Waals surface area contributed by atoms with Crippen LogP contribution in [0.15, 0.2) is 42.5 Å². The van der Waals surface area contributed by atoms with Crippen LogP contribution < -0.4 is 10.1 Å². The van der Waals surface area contributed by atoms with Crippen molar-refractivity contribution in [3.8, 4) is 5.75 Å². The van der Waals surface area contributed by atoms with E-state index >= 15 is 0 Å². The number of fused-ring (bicyclic) bond motifs is 1.